The summed E-state index contributed by atoms with van der Waals surface area (Å²) in [6.07, 6.45) is -4.79. The Hall–Kier alpha value is -3.09. The van der Waals surface area contributed by atoms with Crippen LogP contribution < -0.4 is 0 Å². The molecule has 0 spiro atoms. The van der Waals surface area contributed by atoms with Crippen molar-refractivity contribution in [2.45, 2.75) is 26.6 Å². The van der Waals surface area contributed by atoms with Gasteiger partial charge in [0.1, 0.15) is 5.69 Å². The number of rotatable bonds is 5. The average molecular weight is 388 g/mol. The first kappa shape index (κ1) is 19.7. The lowest BCUT2D eigenvalue weighted by Crippen LogP contribution is -2.33. The van der Waals surface area contributed by atoms with Crippen molar-refractivity contribution in [3.05, 3.63) is 66.9 Å². The van der Waals surface area contributed by atoms with Crippen LogP contribution in [-0.2, 0) is 16.1 Å². The highest BCUT2D eigenvalue weighted by Gasteiger charge is 2.39. The van der Waals surface area contributed by atoms with Gasteiger partial charge >= 0.3 is 12.1 Å². The number of nitrogens with zero attached hydrogens (tertiary/aromatic N) is 2. The number of halogens is 3. The van der Waals surface area contributed by atoms with Gasteiger partial charge in [0.15, 0.2) is 0 Å². The van der Waals surface area contributed by atoms with Crippen LogP contribution in [0.4, 0.5) is 13.2 Å². The highest BCUT2D eigenvalue weighted by atomic mass is 19.4. The number of ether oxygens (including phenoxy) is 1. The van der Waals surface area contributed by atoms with E-state index in [1.807, 2.05) is 54.6 Å². The number of fused-ring (bicyclic) bond motifs is 1. The molecule has 1 aromatic heterocycles. The molecule has 0 aliphatic rings. The molecule has 0 bridgehead atoms. The largest absolute Gasteiger partial charge is 0.449 e. The lowest BCUT2D eigenvalue weighted by atomic mass is 9.93. The molecule has 4 nitrogen and oxygen atoms in total. The quantitative estimate of drug-likeness (QED) is 0.437. The summed E-state index contributed by atoms with van der Waals surface area (Å²) >= 11 is 0. The van der Waals surface area contributed by atoms with Crippen molar-refractivity contribution in [2.75, 3.05) is 0 Å². The first-order valence-electron chi connectivity index (χ1n) is 8.59. The topological polar surface area (TPSA) is 44.1 Å². The van der Waals surface area contributed by atoms with Crippen molar-refractivity contribution in [1.82, 2.24) is 9.78 Å². The van der Waals surface area contributed by atoms with Crippen LogP contribution in [0.3, 0.4) is 0 Å². The summed E-state index contributed by atoms with van der Waals surface area (Å²) in [5.74, 6) is -2.54. The van der Waals surface area contributed by atoms with E-state index in [1.54, 1.807) is 4.68 Å². The van der Waals surface area contributed by atoms with E-state index >= 15 is 0 Å². The molecule has 0 amide bonds. The van der Waals surface area contributed by atoms with Crippen LogP contribution in [0, 0.1) is 5.41 Å². The lowest BCUT2D eigenvalue weighted by Gasteiger charge is -2.23. The molecule has 0 unspecified atom stereocenters. The molecule has 0 aliphatic carbocycles. The molecule has 0 fully saturated rings. The zero-order valence-corrected chi connectivity index (χ0v) is 15.5. The number of alkyl halides is 3. The van der Waals surface area contributed by atoms with Gasteiger partial charge < -0.3 is 4.74 Å². The number of allylic oxidation sites excluding steroid dienone is 1. The maximum absolute atomic E-state index is 12.6. The Bertz CT molecular complexity index is 1020. The minimum Gasteiger partial charge on any atom is -0.422 e. The van der Waals surface area contributed by atoms with Crippen molar-refractivity contribution >= 4 is 16.9 Å². The van der Waals surface area contributed by atoms with E-state index in [0.29, 0.717) is 0 Å². The summed E-state index contributed by atoms with van der Waals surface area (Å²) in [6, 6.07) is 17.0. The van der Waals surface area contributed by atoms with E-state index in [4.69, 9.17) is 0 Å². The molecule has 0 radical (unpaired) electrons. The monoisotopic (exact) mass is 388 g/mol. The minimum atomic E-state index is -4.79. The number of benzene rings is 2. The lowest BCUT2D eigenvalue weighted by molar-refractivity contribution is -0.168. The smallest absolute Gasteiger partial charge is 0.422 e. The number of aromatic nitrogens is 2. The van der Waals surface area contributed by atoms with Gasteiger partial charge in [0.25, 0.3) is 0 Å². The Kier molecular flexibility index (Phi) is 5.02. The predicted molar refractivity (Wildman–Crippen MR) is 100 cm³/mol. The highest BCUT2D eigenvalue weighted by Crippen LogP contribution is 2.32. The Labute approximate surface area is 160 Å². The molecule has 28 heavy (non-hydrogen) atoms. The zero-order chi connectivity index (χ0) is 20.5. The van der Waals surface area contributed by atoms with Gasteiger partial charge in [-0.3, -0.25) is 9.48 Å². The van der Waals surface area contributed by atoms with Gasteiger partial charge in [-0.25, -0.2) is 0 Å². The Morgan fingerprint density at radius 2 is 1.68 bits per heavy atom. The summed E-state index contributed by atoms with van der Waals surface area (Å²) in [5.41, 5.74) is 1.16. The molecule has 0 N–H and O–H groups in total. The molecule has 7 heteroatoms. The van der Waals surface area contributed by atoms with Gasteiger partial charge in [0, 0.05) is 10.9 Å². The van der Waals surface area contributed by atoms with Gasteiger partial charge in [0.2, 0.25) is 5.76 Å². The minimum absolute atomic E-state index is 0.0459. The van der Waals surface area contributed by atoms with Crippen molar-refractivity contribution in [1.29, 1.82) is 0 Å². The maximum Gasteiger partial charge on any atom is 0.449 e. The second-order valence-corrected chi connectivity index (χ2v) is 7.08. The van der Waals surface area contributed by atoms with Gasteiger partial charge in [-0.15, -0.1) is 0 Å². The summed E-state index contributed by atoms with van der Waals surface area (Å²) in [6.45, 7) is 5.86. The number of carbonyl (C=O) groups is 1. The van der Waals surface area contributed by atoms with Crippen molar-refractivity contribution in [3.63, 3.8) is 0 Å². The first-order valence-corrected chi connectivity index (χ1v) is 8.59. The van der Waals surface area contributed by atoms with Crippen molar-refractivity contribution < 1.29 is 22.7 Å². The van der Waals surface area contributed by atoms with Crippen LogP contribution in [0.15, 0.2) is 66.9 Å². The van der Waals surface area contributed by atoms with Gasteiger partial charge in [0.05, 0.1) is 17.5 Å². The van der Waals surface area contributed by atoms with Crippen molar-refractivity contribution in [3.8, 4) is 11.3 Å². The fourth-order valence-corrected chi connectivity index (χ4v) is 2.80. The molecule has 0 atom stereocenters. The number of esters is 1. The molecule has 0 aliphatic heterocycles. The van der Waals surface area contributed by atoms with E-state index in [1.165, 1.54) is 13.8 Å². The van der Waals surface area contributed by atoms with E-state index in [-0.39, 0.29) is 6.54 Å². The standard InChI is InChI=1S/C21H19F3N2O2/c1-14(21(22,23)24)28-19(27)20(2,3)13-26-17-12-8-7-11-16(17)18(25-26)15-9-5-4-6-10-15/h4-12H,1,13H2,2-3H3. The van der Waals surface area contributed by atoms with Crippen LogP contribution in [0.25, 0.3) is 22.2 Å². The maximum atomic E-state index is 12.6. The average Bonchev–Trinajstić information content (AvgIpc) is 3.00. The molecule has 146 valence electrons. The second kappa shape index (κ2) is 7.14. The number of carbonyl (C=O) groups excluding carboxylic acids is 1. The van der Waals surface area contributed by atoms with Crippen LogP contribution in [0.2, 0.25) is 0 Å². The molecule has 0 saturated heterocycles. The number of para-hydroxylation sites is 1. The van der Waals surface area contributed by atoms with Crippen LogP contribution >= 0.6 is 0 Å². The van der Waals surface area contributed by atoms with Gasteiger partial charge in [-0.1, -0.05) is 55.1 Å². The second-order valence-electron chi connectivity index (χ2n) is 7.08. The predicted octanol–water partition coefficient (Wildman–Crippen LogP) is 5.35. The third-order valence-electron chi connectivity index (χ3n) is 4.33. The molecule has 3 aromatic rings. The Morgan fingerprint density at radius 3 is 2.32 bits per heavy atom. The van der Waals surface area contributed by atoms with E-state index < -0.39 is 23.3 Å². The SMILES string of the molecule is C=C(OC(=O)C(C)(C)Cn1nc(-c2ccccc2)c2ccccc21)C(F)(F)F. The zero-order valence-electron chi connectivity index (χ0n) is 15.5. The molecule has 0 saturated carbocycles. The number of hydrogen-bond donors (Lipinski definition) is 0. The summed E-state index contributed by atoms with van der Waals surface area (Å²) in [7, 11) is 0. The highest BCUT2D eigenvalue weighted by molar-refractivity contribution is 5.93. The van der Waals surface area contributed by atoms with Gasteiger partial charge in [-0.05, 0) is 19.9 Å². The third-order valence-corrected chi connectivity index (χ3v) is 4.33. The molecule has 2 aromatic carbocycles. The third kappa shape index (κ3) is 3.93. The summed E-state index contributed by atoms with van der Waals surface area (Å²) in [4.78, 5) is 12.3. The van der Waals surface area contributed by atoms with Gasteiger partial charge in [-0.2, -0.15) is 18.3 Å². The Morgan fingerprint density at radius 1 is 1.07 bits per heavy atom. The van der Waals surface area contributed by atoms with E-state index in [9.17, 15) is 18.0 Å². The van der Waals surface area contributed by atoms with E-state index in [2.05, 4.69) is 16.4 Å². The summed E-state index contributed by atoms with van der Waals surface area (Å²) in [5, 5.41) is 5.51. The van der Waals surface area contributed by atoms with Crippen LogP contribution in [-0.4, -0.2) is 21.9 Å². The first-order chi connectivity index (χ1) is 13.1. The molecular formula is C21H19F3N2O2. The van der Waals surface area contributed by atoms with E-state index in [0.717, 1.165) is 22.2 Å². The molecule has 1 heterocycles. The van der Waals surface area contributed by atoms with Crippen LogP contribution in [0.5, 0.6) is 0 Å². The Balaban J connectivity index is 1.94. The molecular weight excluding hydrogens is 369 g/mol. The fraction of sp³-hybridized carbons (Fsp3) is 0.238. The normalized spacial score (nSPS) is 12.2. The summed E-state index contributed by atoms with van der Waals surface area (Å²) < 4.78 is 44.0. The number of hydrogen-bond acceptors (Lipinski definition) is 3. The van der Waals surface area contributed by atoms with Crippen LogP contribution in [0.1, 0.15) is 13.8 Å². The fourth-order valence-electron chi connectivity index (χ4n) is 2.80. The molecule has 3 rings (SSSR count). The van der Waals surface area contributed by atoms with Crippen molar-refractivity contribution in [2.24, 2.45) is 5.41 Å².